The molecule has 2 fully saturated rings. The lowest BCUT2D eigenvalue weighted by Crippen LogP contribution is -2.37. The van der Waals surface area contributed by atoms with Crippen LogP contribution in [0.15, 0.2) is 78.9 Å². The van der Waals surface area contributed by atoms with Crippen LogP contribution in [0.25, 0.3) is 0 Å². The van der Waals surface area contributed by atoms with E-state index in [0.29, 0.717) is 30.9 Å². The fourth-order valence-electron chi connectivity index (χ4n) is 4.65. The average Bonchev–Trinajstić information content (AvgIpc) is 3.42. The van der Waals surface area contributed by atoms with Crippen LogP contribution in [-0.4, -0.2) is 40.3 Å². The fourth-order valence-corrected chi connectivity index (χ4v) is 5.04. The predicted molar refractivity (Wildman–Crippen MR) is 144 cm³/mol. The topological polar surface area (TPSA) is 73.0 Å². The Balaban J connectivity index is 1.38. The second kappa shape index (κ2) is 10.5. The number of hydrogen-bond acceptors (Lipinski definition) is 4. The molecule has 0 radical (unpaired) electrons. The zero-order valence-corrected chi connectivity index (χ0v) is 20.8. The van der Waals surface area contributed by atoms with Crippen LogP contribution in [0.4, 0.5) is 21.5 Å². The number of carbonyl (C=O) groups is 3. The highest BCUT2D eigenvalue weighted by Crippen LogP contribution is 2.30. The second-order valence-corrected chi connectivity index (χ2v) is 9.38. The number of para-hydroxylation sites is 1. The van der Waals surface area contributed by atoms with E-state index in [1.165, 1.54) is 29.2 Å². The third-order valence-corrected chi connectivity index (χ3v) is 6.93. The van der Waals surface area contributed by atoms with Crippen LogP contribution in [-0.2, 0) is 20.9 Å². The zero-order chi connectivity index (χ0) is 25.9. The number of carbonyl (C=O) groups excluding carboxylic acids is 3. The van der Waals surface area contributed by atoms with E-state index in [2.05, 4.69) is 5.32 Å². The van der Waals surface area contributed by atoms with Gasteiger partial charge in [-0.2, -0.15) is 0 Å². The van der Waals surface area contributed by atoms with Crippen LogP contribution in [0.2, 0.25) is 0 Å². The summed E-state index contributed by atoms with van der Waals surface area (Å²) in [6.45, 7) is 0.994. The van der Waals surface area contributed by atoms with Crippen LogP contribution in [0.3, 0.4) is 0 Å². The van der Waals surface area contributed by atoms with Crippen molar-refractivity contribution in [3.05, 3.63) is 90.2 Å². The van der Waals surface area contributed by atoms with E-state index in [9.17, 15) is 18.8 Å². The zero-order valence-electron chi connectivity index (χ0n) is 20.0. The van der Waals surface area contributed by atoms with E-state index < -0.39 is 11.9 Å². The van der Waals surface area contributed by atoms with Gasteiger partial charge < -0.3 is 15.1 Å². The number of halogens is 1. The van der Waals surface area contributed by atoms with Gasteiger partial charge in [-0.1, -0.05) is 30.3 Å². The maximum Gasteiger partial charge on any atom is 0.256 e. The maximum absolute atomic E-state index is 13.5. The molecule has 1 atom stereocenters. The van der Waals surface area contributed by atoms with E-state index in [-0.39, 0.29) is 29.3 Å². The average molecular weight is 517 g/mol. The van der Waals surface area contributed by atoms with Crippen LogP contribution in [0, 0.1) is 5.82 Å². The van der Waals surface area contributed by atoms with Crippen LogP contribution in [0.1, 0.15) is 24.8 Å². The maximum atomic E-state index is 13.5. The number of nitrogens with zero attached hydrogens (tertiary/aromatic N) is 3. The largest absolute Gasteiger partial charge is 0.332 e. The minimum Gasteiger partial charge on any atom is -0.332 e. The number of rotatable bonds is 7. The van der Waals surface area contributed by atoms with Crippen molar-refractivity contribution in [2.75, 3.05) is 21.7 Å². The van der Waals surface area contributed by atoms with E-state index >= 15 is 0 Å². The molecule has 3 amide bonds. The van der Waals surface area contributed by atoms with Gasteiger partial charge in [-0.3, -0.25) is 19.3 Å². The summed E-state index contributed by atoms with van der Waals surface area (Å²) in [5.74, 6) is -0.979. The summed E-state index contributed by atoms with van der Waals surface area (Å²) in [5.41, 5.74) is 2.78. The van der Waals surface area contributed by atoms with Crippen molar-refractivity contribution in [1.29, 1.82) is 0 Å². The number of thiocarbonyl (C=S) groups is 1. The summed E-state index contributed by atoms with van der Waals surface area (Å²) in [6, 6.07) is 21.3. The van der Waals surface area contributed by atoms with Gasteiger partial charge in [0.2, 0.25) is 11.8 Å². The minimum atomic E-state index is -0.832. The molecule has 0 bridgehead atoms. The molecule has 2 aliphatic rings. The highest BCUT2D eigenvalue weighted by molar-refractivity contribution is 7.80. The summed E-state index contributed by atoms with van der Waals surface area (Å²) in [4.78, 5) is 43.3. The van der Waals surface area contributed by atoms with Gasteiger partial charge in [-0.25, -0.2) is 4.39 Å². The summed E-state index contributed by atoms with van der Waals surface area (Å²) < 4.78 is 13.5. The van der Waals surface area contributed by atoms with E-state index in [1.807, 2.05) is 42.5 Å². The first-order valence-electron chi connectivity index (χ1n) is 12.0. The molecule has 3 aromatic carbocycles. The van der Waals surface area contributed by atoms with Crippen molar-refractivity contribution in [2.45, 2.75) is 31.8 Å². The van der Waals surface area contributed by atoms with Crippen molar-refractivity contribution < 1.29 is 18.8 Å². The Bertz CT molecular complexity index is 1330. The van der Waals surface area contributed by atoms with E-state index in [1.54, 1.807) is 21.9 Å². The molecule has 0 aliphatic carbocycles. The lowest BCUT2D eigenvalue weighted by Gasteiger charge is -2.24. The summed E-state index contributed by atoms with van der Waals surface area (Å²) in [6.07, 6.45) is 1.29. The van der Waals surface area contributed by atoms with E-state index in [0.717, 1.165) is 17.7 Å². The molecule has 9 heteroatoms. The fraction of sp³-hybridized carbons (Fsp3) is 0.214. The Kier molecular flexibility index (Phi) is 6.96. The Morgan fingerprint density at radius 2 is 1.62 bits per heavy atom. The Morgan fingerprint density at radius 3 is 2.27 bits per heavy atom. The molecule has 37 heavy (non-hydrogen) atoms. The molecule has 0 saturated carbocycles. The SMILES string of the molecule is O=C(CC1C(=O)N(c2ccc(F)cc2)C(=S)N1Cc1ccc(N2CCCC2=O)cc1)Nc1ccccc1. The third kappa shape index (κ3) is 5.22. The molecule has 2 aliphatic heterocycles. The second-order valence-electron chi connectivity index (χ2n) is 9.01. The lowest BCUT2D eigenvalue weighted by molar-refractivity contribution is -0.124. The highest BCUT2D eigenvalue weighted by atomic mass is 32.1. The first-order chi connectivity index (χ1) is 17.9. The number of hydrogen-bond donors (Lipinski definition) is 1. The lowest BCUT2D eigenvalue weighted by atomic mass is 10.1. The van der Waals surface area contributed by atoms with Crippen molar-refractivity contribution >= 4 is 52.1 Å². The number of nitrogens with one attached hydrogen (secondary N) is 1. The van der Waals surface area contributed by atoms with Gasteiger partial charge in [-0.15, -0.1) is 0 Å². The molecular weight excluding hydrogens is 491 g/mol. The quantitative estimate of drug-likeness (QED) is 0.469. The molecule has 5 rings (SSSR count). The number of benzene rings is 3. The normalized spacial score (nSPS) is 17.6. The van der Waals surface area contributed by atoms with Crippen LogP contribution < -0.4 is 15.1 Å². The Labute approximate surface area is 219 Å². The first-order valence-corrected chi connectivity index (χ1v) is 12.5. The van der Waals surface area contributed by atoms with Crippen molar-refractivity contribution in [2.24, 2.45) is 0 Å². The molecular formula is C28H25FN4O3S. The standard InChI is InChI=1S/C28H25FN4O3S/c29-20-10-14-23(15-11-20)33-27(36)24(17-25(34)30-21-5-2-1-3-6-21)32(28(33)37)18-19-8-12-22(13-9-19)31-16-4-7-26(31)35/h1-3,5-6,8-15,24H,4,7,16-18H2,(H,30,34). The molecule has 1 N–H and O–H groups in total. The van der Waals surface area contributed by atoms with Crippen molar-refractivity contribution in [1.82, 2.24) is 4.90 Å². The third-order valence-electron chi connectivity index (χ3n) is 6.51. The smallest absolute Gasteiger partial charge is 0.256 e. The van der Waals surface area contributed by atoms with Gasteiger partial charge in [0.15, 0.2) is 5.11 Å². The van der Waals surface area contributed by atoms with Gasteiger partial charge in [0.25, 0.3) is 5.91 Å². The highest BCUT2D eigenvalue weighted by Gasteiger charge is 2.44. The Morgan fingerprint density at radius 1 is 0.946 bits per heavy atom. The molecule has 0 spiro atoms. The first kappa shape index (κ1) is 24.6. The monoisotopic (exact) mass is 516 g/mol. The molecule has 188 valence electrons. The minimum absolute atomic E-state index is 0.105. The Hall–Kier alpha value is -4.11. The van der Waals surface area contributed by atoms with Crippen LogP contribution >= 0.6 is 12.2 Å². The molecule has 1 unspecified atom stereocenters. The van der Waals surface area contributed by atoms with Gasteiger partial charge in [0.1, 0.15) is 11.9 Å². The number of amides is 3. The van der Waals surface area contributed by atoms with E-state index in [4.69, 9.17) is 12.2 Å². The molecule has 7 nitrogen and oxygen atoms in total. The number of anilines is 3. The van der Waals surface area contributed by atoms with Crippen molar-refractivity contribution in [3.63, 3.8) is 0 Å². The molecule has 2 saturated heterocycles. The molecule has 0 aromatic heterocycles. The summed E-state index contributed by atoms with van der Waals surface area (Å²) in [7, 11) is 0. The van der Waals surface area contributed by atoms with Crippen LogP contribution in [0.5, 0.6) is 0 Å². The van der Waals surface area contributed by atoms with Gasteiger partial charge in [0, 0.05) is 30.9 Å². The van der Waals surface area contributed by atoms with Crippen molar-refractivity contribution in [3.8, 4) is 0 Å². The van der Waals surface area contributed by atoms with Gasteiger partial charge >= 0.3 is 0 Å². The van der Waals surface area contributed by atoms with Gasteiger partial charge in [-0.05, 0) is 72.7 Å². The van der Waals surface area contributed by atoms with Gasteiger partial charge in [0.05, 0.1) is 12.1 Å². The molecule has 3 aromatic rings. The predicted octanol–water partition coefficient (Wildman–Crippen LogP) is 4.48. The molecule has 2 heterocycles. The summed E-state index contributed by atoms with van der Waals surface area (Å²) >= 11 is 5.69. The summed E-state index contributed by atoms with van der Waals surface area (Å²) in [5, 5.41) is 3.07.